The molecule has 0 spiro atoms. The second-order valence-corrected chi connectivity index (χ2v) is 7.38. The van der Waals surface area contributed by atoms with Crippen LogP contribution in [0.3, 0.4) is 0 Å². The van der Waals surface area contributed by atoms with Gasteiger partial charge >= 0.3 is 0 Å². The van der Waals surface area contributed by atoms with E-state index in [1.54, 1.807) is 18.0 Å². The van der Waals surface area contributed by atoms with Crippen molar-refractivity contribution in [2.45, 2.75) is 24.8 Å². The largest absolute Gasteiger partial charge is 0.270 e. The first kappa shape index (κ1) is 17.5. The van der Waals surface area contributed by atoms with Crippen LogP contribution in [0.4, 0.5) is 0 Å². The van der Waals surface area contributed by atoms with E-state index in [2.05, 4.69) is 63.9 Å². The summed E-state index contributed by atoms with van der Waals surface area (Å²) >= 11 is 1.70. The second-order valence-electron chi connectivity index (χ2n) is 6.44. The van der Waals surface area contributed by atoms with E-state index < -0.39 is 0 Å². The van der Waals surface area contributed by atoms with Gasteiger partial charge < -0.3 is 0 Å². The van der Waals surface area contributed by atoms with Gasteiger partial charge in [-0.2, -0.15) is 0 Å². The maximum Gasteiger partial charge on any atom is 0.196 e. The highest BCUT2D eigenvalue weighted by Crippen LogP contribution is 2.30. The van der Waals surface area contributed by atoms with Gasteiger partial charge in [-0.3, -0.25) is 9.55 Å². The van der Waals surface area contributed by atoms with Gasteiger partial charge in [0.15, 0.2) is 11.0 Å². The first-order chi connectivity index (χ1) is 13.2. The molecule has 4 nitrogen and oxygen atoms in total. The molecule has 0 atom stereocenters. The van der Waals surface area contributed by atoms with E-state index >= 15 is 0 Å². The second kappa shape index (κ2) is 7.76. The van der Waals surface area contributed by atoms with Crippen LogP contribution in [-0.2, 0) is 5.75 Å². The van der Waals surface area contributed by atoms with Crippen LogP contribution >= 0.6 is 11.8 Å². The van der Waals surface area contributed by atoms with Crippen molar-refractivity contribution in [1.82, 2.24) is 19.7 Å². The third-order valence-corrected chi connectivity index (χ3v) is 5.41. The number of hydrogen-bond acceptors (Lipinski definition) is 4. The summed E-state index contributed by atoms with van der Waals surface area (Å²) in [5, 5.41) is 9.83. The summed E-state index contributed by atoms with van der Waals surface area (Å²) in [4.78, 5) is 4.23. The lowest BCUT2D eigenvalue weighted by Crippen LogP contribution is -2.00. The Morgan fingerprint density at radius 1 is 0.926 bits per heavy atom. The van der Waals surface area contributed by atoms with Crippen molar-refractivity contribution in [1.29, 1.82) is 0 Å². The summed E-state index contributed by atoms with van der Waals surface area (Å²) in [7, 11) is 0. The van der Waals surface area contributed by atoms with Crippen LogP contribution in [0.15, 0.2) is 78.2 Å². The number of aryl methyl sites for hydroxylation is 2. The Morgan fingerprint density at radius 2 is 1.78 bits per heavy atom. The highest BCUT2D eigenvalue weighted by atomic mass is 32.2. The molecule has 27 heavy (non-hydrogen) atoms. The number of pyridine rings is 1. The smallest absolute Gasteiger partial charge is 0.196 e. The Hall–Kier alpha value is -2.92. The Kier molecular flexibility index (Phi) is 5.03. The van der Waals surface area contributed by atoms with Gasteiger partial charge in [-0.25, -0.2) is 0 Å². The molecule has 0 saturated carbocycles. The first-order valence-corrected chi connectivity index (χ1v) is 9.81. The molecule has 0 radical (unpaired) electrons. The minimum Gasteiger partial charge on any atom is -0.270 e. The zero-order chi connectivity index (χ0) is 18.6. The van der Waals surface area contributed by atoms with Crippen molar-refractivity contribution in [3.63, 3.8) is 0 Å². The van der Waals surface area contributed by atoms with Gasteiger partial charge in [-0.15, -0.1) is 10.2 Å². The van der Waals surface area contributed by atoms with Gasteiger partial charge in [0.1, 0.15) is 0 Å². The topological polar surface area (TPSA) is 43.6 Å². The Labute approximate surface area is 163 Å². The van der Waals surface area contributed by atoms with Crippen LogP contribution in [-0.4, -0.2) is 19.7 Å². The molecule has 0 fully saturated rings. The lowest BCUT2D eigenvalue weighted by Gasteiger charge is -2.11. The number of hydrogen-bond donors (Lipinski definition) is 0. The normalized spacial score (nSPS) is 10.9. The Bertz CT molecular complexity index is 1040. The summed E-state index contributed by atoms with van der Waals surface area (Å²) in [6.45, 7) is 4.28. The molecule has 0 saturated heterocycles. The zero-order valence-electron chi connectivity index (χ0n) is 15.3. The lowest BCUT2D eigenvalue weighted by atomic mass is 10.1. The summed E-state index contributed by atoms with van der Waals surface area (Å²) in [5.74, 6) is 1.66. The van der Waals surface area contributed by atoms with Crippen molar-refractivity contribution in [2.24, 2.45) is 0 Å². The number of nitrogens with zero attached hydrogens (tertiary/aromatic N) is 4. The third kappa shape index (κ3) is 3.78. The van der Waals surface area contributed by atoms with E-state index in [1.807, 2.05) is 36.5 Å². The molecule has 0 aliphatic rings. The standard InChI is InChI=1S/C22H20N4S/c1-16-10-11-17(2)19(13-16)15-27-22-25-24-21(18-7-6-12-23-14-18)26(22)20-8-4-3-5-9-20/h3-14H,15H2,1-2H3. The fraction of sp³-hybridized carbons (Fsp3) is 0.136. The number of para-hydroxylation sites is 1. The van der Waals surface area contributed by atoms with E-state index in [1.165, 1.54) is 16.7 Å². The predicted octanol–water partition coefficient (Wildman–Crippen LogP) is 5.24. The van der Waals surface area contributed by atoms with Crippen molar-refractivity contribution in [2.75, 3.05) is 0 Å². The highest BCUT2D eigenvalue weighted by Gasteiger charge is 2.16. The molecule has 4 rings (SSSR count). The number of rotatable bonds is 5. The van der Waals surface area contributed by atoms with E-state index in [-0.39, 0.29) is 0 Å². The van der Waals surface area contributed by atoms with Crippen LogP contribution in [0.2, 0.25) is 0 Å². The zero-order valence-corrected chi connectivity index (χ0v) is 16.1. The van der Waals surface area contributed by atoms with Crippen molar-refractivity contribution in [3.8, 4) is 17.1 Å². The van der Waals surface area contributed by atoms with Crippen LogP contribution in [0.1, 0.15) is 16.7 Å². The minimum atomic E-state index is 0.803. The molecule has 0 unspecified atom stereocenters. The molecule has 0 bridgehead atoms. The average Bonchev–Trinajstić information content (AvgIpc) is 3.14. The van der Waals surface area contributed by atoms with E-state index in [0.717, 1.165) is 28.0 Å². The van der Waals surface area contributed by atoms with Gasteiger partial charge in [0.05, 0.1) is 0 Å². The van der Waals surface area contributed by atoms with Crippen LogP contribution in [0.25, 0.3) is 17.1 Å². The highest BCUT2D eigenvalue weighted by molar-refractivity contribution is 7.98. The molecule has 4 aromatic rings. The van der Waals surface area contributed by atoms with Gasteiger partial charge in [-0.05, 0) is 49.2 Å². The molecule has 134 valence electrons. The van der Waals surface area contributed by atoms with E-state index in [9.17, 15) is 0 Å². The SMILES string of the molecule is Cc1ccc(C)c(CSc2nnc(-c3cccnc3)n2-c2ccccc2)c1. The summed E-state index contributed by atoms with van der Waals surface area (Å²) in [5.41, 5.74) is 5.89. The summed E-state index contributed by atoms with van der Waals surface area (Å²) < 4.78 is 2.10. The van der Waals surface area contributed by atoms with Crippen molar-refractivity contribution >= 4 is 11.8 Å². The summed E-state index contributed by atoms with van der Waals surface area (Å²) in [6.07, 6.45) is 3.59. The Morgan fingerprint density at radius 3 is 2.56 bits per heavy atom. The maximum atomic E-state index is 4.48. The molecule has 2 aromatic heterocycles. The van der Waals surface area contributed by atoms with Crippen LogP contribution in [0.5, 0.6) is 0 Å². The van der Waals surface area contributed by atoms with Gasteiger partial charge in [0, 0.05) is 29.4 Å². The quantitative estimate of drug-likeness (QED) is 0.450. The fourth-order valence-corrected chi connectivity index (χ4v) is 3.97. The molecular weight excluding hydrogens is 352 g/mol. The fourth-order valence-electron chi connectivity index (χ4n) is 2.95. The molecular formula is C22H20N4S. The predicted molar refractivity (Wildman–Crippen MR) is 110 cm³/mol. The first-order valence-electron chi connectivity index (χ1n) is 8.82. The monoisotopic (exact) mass is 372 g/mol. The molecule has 2 aromatic carbocycles. The Balaban J connectivity index is 1.73. The molecule has 0 aliphatic carbocycles. The molecule has 0 N–H and O–H groups in total. The molecule has 5 heteroatoms. The number of thioether (sulfide) groups is 1. The minimum absolute atomic E-state index is 0.803. The van der Waals surface area contributed by atoms with Gasteiger partial charge in [0.25, 0.3) is 0 Å². The number of aromatic nitrogens is 4. The molecule has 0 aliphatic heterocycles. The number of benzene rings is 2. The van der Waals surface area contributed by atoms with Crippen molar-refractivity contribution < 1.29 is 0 Å². The van der Waals surface area contributed by atoms with Crippen LogP contribution < -0.4 is 0 Å². The van der Waals surface area contributed by atoms with E-state index in [0.29, 0.717) is 0 Å². The van der Waals surface area contributed by atoms with E-state index in [4.69, 9.17) is 0 Å². The van der Waals surface area contributed by atoms with Crippen LogP contribution in [0, 0.1) is 13.8 Å². The third-order valence-electron chi connectivity index (χ3n) is 4.43. The van der Waals surface area contributed by atoms with Gasteiger partial charge in [0.2, 0.25) is 0 Å². The lowest BCUT2D eigenvalue weighted by molar-refractivity contribution is 0.885. The van der Waals surface area contributed by atoms with Gasteiger partial charge in [-0.1, -0.05) is 53.7 Å². The average molecular weight is 372 g/mol. The molecule has 2 heterocycles. The maximum absolute atomic E-state index is 4.48. The molecule has 0 amide bonds. The van der Waals surface area contributed by atoms with Crippen molar-refractivity contribution in [3.05, 3.63) is 89.7 Å². The summed E-state index contributed by atoms with van der Waals surface area (Å²) in [6, 6.07) is 20.7.